The molecule has 7 nitrogen and oxygen atoms in total. The Morgan fingerprint density at radius 3 is 2.32 bits per heavy atom. The number of aryl methyl sites for hydroxylation is 1. The molecule has 3 fully saturated rings. The van der Waals surface area contributed by atoms with Crippen molar-refractivity contribution in [3.05, 3.63) is 89.2 Å². The molecule has 6 rings (SSSR count). The molecule has 232 valence electrons. The summed E-state index contributed by atoms with van der Waals surface area (Å²) in [6, 6.07) is 18.6. The van der Waals surface area contributed by atoms with Gasteiger partial charge in [-0.05, 0) is 92.5 Å². The van der Waals surface area contributed by atoms with Crippen LogP contribution in [0.2, 0.25) is 0 Å². The topological polar surface area (TPSA) is 95.6 Å². The van der Waals surface area contributed by atoms with E-state index < -0.39 is 33.5 Å². The Morgan fingerprint density at radius 2 is 1.61 bits per heavy atom. The van der Waals surface area contributed by atoms with Gasteiger partial charge in [0.25, 0.3) is 5.91 Å². The summed E-state index contributed by atoms with van der Waals surface area (Å²) in [5.41, 5.74) is 2.80. The fraction of sp³-hybridized carbons (Fsp3) is 0.429. The number of carbonyl (C=O) groups excluding carboxylic acids is 2. The van der Waals surface area contributed by atoms with Gasteiger partial charge in [-0.1, -0.05) is 49.6 Å². The van der Waals surface area contributed by atoms with Crippen LogP contribution in [0.15, 0.2) is 71.6 Å². The molecule has 3 aliphatic rings. The zero-order valence-electron chi connectivity index (χ0n) is 25.3. The highest BCUT2D eigenvalue weighted by atomic mass is 32.2. The molecule has 0 unspecified atom stereocenters. The lowest BCUT2D eigenvalue weighted by Crippen LogP contribution is -2.54. The third-order valence-electron chi connectivity index (χ3n) is 9.73. The molecule has 4 atom stereocenters. The molecular weight excluding hydrogens is 577 g/mol. The van der Waals surface area contributed by atoms with E-state index in [4.69, 9.17) is 0 Å². The van der Waals surface area contributed by atoms with Crippen LogP contribution in [0.5, 0.6) is 0 Å². The predicted octanol–water partition coefficient (Wildman–Crippen LogP) is 6.90. The van der Waals surface area contributed by atoms with E-state index in [0.29, 0.717) is 23.7 Å². The Morgan fingerprint density at radius 1 is 0.886 bits per heavy atom. The first-order valence-corrected chi connectivity index (χ1v) is 17.5. The number of nitrogens with zero attached hydrogens (tertiary/aromatic N) is 1. The Bertz CT molecular complexity index is 1630. The number of sulfone groups is 1. The van der Waals surface area contributed by atoms with Gasteiger partial charge in [0.2, 0.25) is 5.91 Å². The average molecular weight is 618 g/mol. The lowest BCUT2D eigenvalue weighted by Gasteiger charge is -2.48. The number of hydrogen-bond donors (Lipinski definition) is 2. The molecule has 1 heterocycles. The quantitative estimate of drug-likeness (QED) is 0.301. The largest absolute Gasteiger partial charge is 0.382 e. The number of hydrogen-bond acceptors (Lipinski definition) is 5. The van der Waals surface area contributed by atoms with Crippen molar-refractivity contribution in [1.82, 2.24) is 4.90 Å². The van der Waals surface area contributed by atoms with Crippen LogP contribution in [-0.2, 0) is 14.6 Å². The summed E-state index contributed by atoms with van der Waals surface area (Å²) < 4.78 is 39.6. The van der Waals surface area contributed by atoms with Gasteiger partial charge < -0.3 is 15.5 Å². The lowest BCUT2D eigenvalue weighted by atomic mass is 9.76. The Kier molecular flexibility index (Phi) is 8.51. The monoisotopic (exact) mass is 617 g/mol. The zero-order chi connectivity index (χ0) is 31.0. The standard InChI is InChI=1S/C35H40FN3O4S/c1-22-8-5-14-30(36)32(22)35(41)39-31-15-6-9-24(31)20-29(34(40)38-27-12-7-13-28(21-27)44(2,42)43)33(39)23-16-18-26(19-17-23)37-25-10-3-4-11-25/h5,7-8,12-14,16-19,21,24-25,29,31,33,37H,3-4,6,9-11,15,20H2,1-2H3,(H,38,40)/t24-,29+,31-,33+/m1/s1. The van der Waals surface area contributed by atoms with E-state index in [9.17, 15) is 18.0 Å². The van der Waals surface area contributed by atoms with Crippen LogP contribution in [0.25, 0.3) is 0 Å². The van der Waals surface area contributed by atoms with E-state index in [-0.39, 0.29) is 28.3 Å². The summed E-state index contributed by atoms with van der Waals surface area (Å²) >= 11 is 0. The van der Waals surface area contributed by atoms with Crippen molar-refractivity contribution in [2.45, 2.75) is 81.3 Å². The summed E-state index contributed by atoms with van der Waals surface area (Å²) in [7, 11) is -3.47. The number of benzene rings is 3. The van der Waals surface area contributed by atoms with E-state index in [1.54, 1.807) is 36.1 Å². The van der Waals surface area contributed by atoms with Crippen molar-refractivity contribution in [1.29, 1.82) is 0 Å². The number of anilines is 2. The van der Waals surface area contributed by atoms with Gasteiger partial charge in [0, 0.05) is 29.7 Å². The van der Waals surface area contributed by atoms with Gasteiger partial charge in [-0.15, -0.1) is 0 Å². The van der Waals surface area contributed by atoms with Gasteiger partial charge in [-0.2, -0.15) is 0 Å². The van der Waals surface area contributed by atoms with Crippen LogP contribution in [0.3, 0.4) is 0 Å². The number of halogens is 1. The molecule has 1 saturated heterocycles. The van der Waals surface area contributed by atoms with Gasteiger partial charge >= 0.3 is 0 Å². The van der Waals surface area contributed by atoms with Crippen molar-refractivity contribution >= 4 is 33.0 Å². The number of carbonyl (C=O) groups is 2. The van der Waals surface area contributed by atoms with Crippen LogP contribution in [-0.4, -0.2) is 43.5 Å². The van der Waals surface area contributed by atoms with Gasteiger partial charge in [-0.25, -0.2) is 12.8 Å². The highest BCUT2D eigenvalue weighted by Crippen LogP contribution is 2.49. The van der Waals surface area contributed by atoms with Crippen LogP contribution >= 0.6 is 0 Å². The maximum absolute atomic E-state index is 15.3. The van der Waals surface area contributed by atoms with Crippen LogP contribution in [0.4, 0.5) is 15.8 Å². The highest BCUT2D eigenvalue weighted by Gasteiger charge is 2.50. The van der Waals surface area contributed by atoms with E-state index in [1.807, 2.05) is 24.3 Å². The van der Waals surface area contributed by atoms with E-state index in [0.717, 1.165) is 49.6 Å². The van der Waals surface area contributed by atoms with Crippen molar-refractivity contribution in [2.75, 3.05) is 16.9 Å². The Hall–Kier alpha value is -3.72. The summed E-state index contributed by atoms with van der Waals surface area (Å²) in [4.78, 5) is 30.5. The molecule has 0 spiro atoms. The molecule has 2 aliphatic carbocycles. The van der Waals surface area contributed by atoms with Crippen molar-refractivity contribution in [2.24, 2.45) is 11.8 Å². The third-order valence-corrected chi connectivity index (χ3v) is 10.8. The van der Waals surface area contributed by atoms with Crippen LogP contribution in [0, 0.1) is 24.6 Å². The molecule has 0 bridgehead atoms. The molecule has 2 N–H and O–H groups in total. The molecule has 3 aromatic carbocycles. The molecule has 2 amide bonds. The van der Waals surface area contributed by atoms with E-state index >= 15 is 4.39 Å². The fourth-order valence-corrected chi connectivity index (χ4v) is 8.25. The lowest BCUT2D eigenvalue weighted by molar-refractivity contribution is -0.125. The SMILES string of the molecule is Cc1cccc(F)c1C(=O)N1[C@@H]2CCC[C@@H]2C[C@H](C(=O)Nc2cccc(S(C)(=O)=O)c2)[C@@H]1c1ccc(NC2CCCC2)cc1. The normalized spacial score (nSPS) is 23.8. The summed E-state index contributed by atoms with van der Waals surface area (Å²) in [5.74, 6) is -1.78. The first-order chi connectivity index (χ1) is 21.1. The first-order valence-electron chi connectivity index (χ1n) is 15.7. The molecular formula is C35H40FN3O4S. The number of nitrogens with one attached hydrogen (secondary N) is 2. The Labute approximate surface area is 259 Å². The third kappa shape index (κ3) is 6.11. The second-order valence-electron chi connectivity index (χ2n) is 12.7. The average Bonchev–Trinajstić information content (AvgIpc) is 3.68. The van der Waals surface area contributed by atoms with Gasteiger partial charge in [0.15, 0.2) is 9.84 Å². The predicted molar refractivity (Wildman–Crippen MR) is 170 cm³/mol. The van der Waals surface area contributed by atoms with Gasteiger partial charge in [0.1, 0.15) is 5.82 Å². The van der Waals surface area contributed by atoms with Crippen molar-refractivity contribution in [3.63, 3.8) is 0 Å². The number of piperidine rings is 1. The molecule has 0 radical (unpaired) electrons. The van der Waals surface area contributed by atoms with Gasteiger partial charge in [-0.3, -0.25) is 9.59 Å². The smallest absolute Gasteiger partial charge is 0.257 e. The molecule has 9 heteroatoms. The van der Waals surface area contributed by atoms with E-state index in [2.05, 4.69) is 10.6 Å². The zero-order valence-corrected chi connectivity index (χ0v) is 26.1. The number of fused-ring (bicyclic) bond motifs is 1. The second-order valence-corrected chi connectivity index (χ2v) is 14.7. The molecule has 1 aliphatic heterocycles. The molecule has 2 saturated carbocycles. The van der Waals surface area contributed by atoms with Crippen molar-refractivity contribution in [3.8, 4) is 0 Å². The van der Waals surface area contributed by atoms with Crippen LogP contribution < -0.4 is 10.6 Å². The van der Waals surface area contributed by atoms with Gasteiger partial charge in [0.05, 0.1) is 22.4 Å². The summed E-state index contributed by atoms with van der Waals surface area (Å²) in [6.45, 7) is 1.74. The minimum Gasteiger partial charge on any atom is -0.382 e. The Balaban J connectivity index is 1.40. The second kappa shape index (κ2) is 12.3. The van der Waals surface area contributed by atoms with Crippen LogP contribution in [0.1, 0.15) is 78.9 Å². The molecule has 3 aromatic rings. The first kappa shape index (κ1) is 30.3. The maximum atomic E-state index is 15.3. The highest BCUT2D eigenvalue weighted by molar-refractivity contribution is 7.90. The minimum absolute atomic E-state index is 0.0459. The minimum atomic E-state index is -3.47. The number of rotatable bonds is 7. The maximum Gasteiger partial charge on any atom is 0.257 e. The van der Waals surface area contributed by atoms with Crippen molar-refractivity contribution < 1.29 is 22.4 Å². The number of likely N-dealkylation sites (tertiary alicyclic amines) is 1. The number of amides is 2. The summed E-state index contributed by atoms with van der Waals surface area (Å²) in [6.07, 6.45) is 9.03. The molecule has 0 aromatic heterocycles. The van der Waals surface area contributed by atoms with E-state index in [1.165, 1.54) is 31.0 Å². The fourth-order valence-electron chi connectivity index (χ4n) is 7.59. The summed E-state index contributed by atoms with van der Waals surface area (Å²) in [5, 5.41) is 6.57. The molecule has 44 heavy (non-hydrogen) atoms.